The molecule has 2 rings (SSSR count). The van der Waals surface area contributed by atoms with Gasteiger partial charge in [0.05, 0.1) is 0 Å². The summed E-state index contributed by atoms with van der Waals surface area (Å²) >= 11 is 12.0. The zero-order valence-electron chi connectivity index (χ0n) is 10.9. The molecular formula is C16H17Cl2N. The number of nitrogens with one attached hydrogen (secondary N) is 1. The maximum atomic E-state index is 6.07. The number of likely N-dealkylation sites (N-methyl/N-ethyl adjacent to an activating group) is 1. The van der Waals surface area contributed by atoms with E-state index in [1.807, 2.05) is 37.4 Å². The Morgan fingerprint density at radius 3 is 2.37 bits per heavy atom. The molecule has 100 valence electrons. The van der Waals surface area contributed by atoms with Gasteiger partial charge in [-0.15, -0.1) is 0 Å². The van der Waals surface area contributed by atoms with Gasteiger partial charge in [-0.3, -0.25) is 0 Å². The van der Waals surface area contributed by atoms with Crippen molar-refractivity contribution in [3.8, 4) is 0 Å². The second-order valence-corrected chi connectivity index (χ2v) is 5.51. The third-order valence-corrected chi connectivity index (χ3v) is 3.65. The molecule has 1 N–H and O–H groups in total. The Hall–Kier alpha value is -1.02. The van der Waals surface area contributed by atoms with Crippen LogP contribution in [-0.2, 0) is 6.42 Å². The molecule has 1 unspecified atom stereocenters. The Labute approximate surface area is 124 Å². The van der Waals surface area contributed by atoms with Crippen LogP contribution in [0.3, 0.4) is 0 Å². The Morgan fingerprint density at radius 2 is 1.74 bits per heavy atom. The van der Waals surface area contributed by atoms with E-state index in [9.17, 15) is 0 Å². The molecule has 0 aliphatic rings. The molecule has 0 amide bonds. The molecule has 2 aromatic rings. The number of hydrogen-bond acceptors (Lipinski definition) is 1. The summed E-state index contributed by atoms with van der Waals surface area (Å²) in [4.78, 5) is 0. The first-order valence-electron chi connectivity index (χ1n) is 6.33. The minimum Gasteiger partial charge on any atom is -0.319 e. The number of halogens is 2. The molecule has 0 bridgehead atoms. The van der Waals surface area contributed by atoms with Crippen LogP contribution < -0.4 is 5.32 Å². The van der Waals surface area contributed by atoms with E-state index in [0.717, 1.165) is 23.0 Å². The van der Waals surface area contributed by atoms with Gasteiger partial charge in [0.1, 0.15) is 0 Å². The van der Waals surface area contributed by atoms with Gasteiger partial charge in [-0.05, 0) is 48.9 Å². The standard InChI is InChI=1S/C16H17Cl2N/c1-19-11-14(13-3-2-4-16(18)10-13)9-12-5-7-15(17)8-6-12/h2-8,10,14,19H,9,11H2,1H3. The summed E-state index contributed by atoms with van der Waals surface area (Å²) in [6, 6.07) is 16.1. The molecule has 3 heteroatoms. The van der Waals surface area contributed by atoms with Gasteiger partial charge < -0.3 is 5.32 Å². The van der Waals surface area contributed by atoms with Gasteiger partial charge in [-0.25, -0.2) is 0 Å². The molecular weight excluding hydrogens is 277 g/mol. The first kappa shape index (κ1) is 14.4. The summed E-state index contributed by atoms with van der Waals surface area (Å²) in [6.45, 7) is 0.920. The number of hydrogen-bond donors (Lipinski definition) is 1. The molecule has 0 aliphatic carbocycles. The van der Waals surface area contributed by atoms with Crippen molar-refractivity contribution in [1.82, 2.24) is 5.32 Å². The van der Waals surface area contributed by atoms with Gasteiger partial charge in [0, 0.05) is 22.5 Å². The molecule has 0 aliphatic heterocycles. The Morgan fingerprint density at radius 1 is 1.00 bits per heavy atom. The fraction of sp³-hybridized carbons (Fsp3) is 0.250. The zero-order chi connectivity index (χ0) is 13.7. The fourth-order valence-electron chi connectivity index (χ4n) is 2.22. The van der Waals surface area contributed by atoms with E-state index >= 15 is 0 Å². The monoisotopic (exact) mass is 293 g/mol. The lowest BCUT2D eigenvalue weighted by Gasteiger charge is -2.17. The Kier molecular flexibility index (Phi) is 5.26. The number of rotatable bonds is 5. The molecule has 0 fully saturated rings. The zero-order valence-corrected chi connectivity index (χ0v) is 12.4. The maximum absolute atomic E-state index is 6.07. The van der Waals surface area contributed by atoms with Crippen LogP contribution in [0, 0.1) is 0 Å². The quantitative estimate of drug-likeness (QED) is 0.853. The van der Waals surface area contributed by atoms with E-state index in [-0.39, 0.29) is 0 Å². The second-order valence-electron chi connectivity index (χ2n) is 4.64. The first-order chi connectivity index (χ1) is 9.19. The summed E-state index contributed by atoms with van der Waals surface area (Å²) in [5.74, 6) is 0.407. The van der Waals surface area contributed by atoms with E-state index in [2.05, 4.69) is 23.5 Å². The van der Waals surface area contributed by atoms with Crippen LogP contribution in [0.15, 0.2) is 48.5 Å². The molecule has 2 aromatic carbocycles. The van der Waals surface area contributed by atoms with Crippen molar-refractivity contribution in [3.63, 3.8) is 0 Å². The average Bonchev–Trinajstić information content (AvgIpc) is 2.41. The highest BCUT2D eigenvalue weighted by Crippen LogP contribution is 2.23. The highest BCUT2D eigenvalue weighted by Gasteiger charge is 2.12. The molecule has 0 spiro atoms. The van der Waals surface area contributed by atoms with Crippen LogP contribution in [0.4, 0.5) is 0 Å². The Balaban J connectivity index is 2.18. The first-order valence-corrected chi connectivity index (χ1v) is 7.09. The van der Waals surface area contributed by atoms with E-state index in [1.54, 1.807) is 0 Å². The highest BCUT2D eigenvalue weighted by molar-refractivity contribution is 6.30. The Bertz CT molecular complexity index is 523. The third kappa shape index (κ3) is 4.24. The molecule has 1 atom stereocenters. The summed E-state index contributed by atoms with van der Waals surface area (Å²) in [5.41, 5.74) is 2.54. The van der Waals surface area contributed by atoms with Gasteiger partial charge in [-0.1, -0.05) is 47.5 Å². The van der Waals surface area contributed by atoms with E-state index in [1.165, 1.54) is 11.1 Å². The van der Waals surface area contributed by atoms with Crippen LogP contribution in [0.5, 0.6) is 0 Å². The van der Waals surface area contributed by atoms with E-state index in [0.29, 0.717) is 5.92 Å². The molecule has 19 heavy (non-hydrogen) atoms. The molecule has 0 heterocycles. The minimum absolute atomic E-state index is 0.407. The summed E-state index contributed by atoms with van der Waals surface area (Å²) in [5, 5.41) is 4.81. The normalized spacial score (nSPS) is 12.4. The van der Waals surface area contributed by atoms with Crippen molar-refractivity contribution in [2.45, 2.75) is 12.3 Å². The van der Waals surface area contributed by atoms with Crippen LogP contribution >= 0.6 is 23.2 Å². The van der Waals surface area contributed by atoms with Gasteiger partial charge in [0.15, 0.2) is 0 Å². The average molecular weight is 294 g/mol. The number of benzene rings is 2. The van der Waals surface area contributed by atoms with Crippen molar-refractivity contribution in [2.75, 3.05) is 13.6 Å². The van der Waals surface area contributed by atoms with Crippen molar-refractivity contribution in [1.29, 1.82) is 0 Å². The summed E-state index contributed by atoms with van der Waals surface area (Å²) < 4.78 is 0. The predicted octanol–water partition coefficient (Wildman–Crippen LogP) is 4.54. The van der Waals surface area contributed by atoms with E-state index in [4.69, 9.17) is 23.2 Å². The lowest BCUT2D eigenvalue weighted by Crippen LogP contribution is -2.19. The van der Waals surface area contributed by atoms with Crippen molar-refractivity contribution >= 4 is 23.2 Å². The van der Waals surface area contributed by atoms with E-state index < -0.39 is 0 Å². The summed E-state index contributed by atoms with van der Waals surface area (Å²) in [7, 11) is 1.97. The molecule has 0 aromatic heterocycles. The minimum atomic E-state index is 0.407. The third-order valence-electron chi connectivity index (χ3n) is 3.17. The van der Waals surface area contributed by atoms with Crippen molar-refractivity contribution < 1.29 is 0 Å². The maximum Gasteiger partial charge on any atom is 0.0408 e. The van der Waals surface area contributed by atoms with Crippen LogP contribution in [0.25, 0.3) is 0 Å². The van der Waals surface area contributed by atoms with Gasteiger partial charge >= 0.3 is 0 Å². The SMILES string of the molecule is CNCC(Cc1ccc(Cl)cc1)c1cccc(Cl)c1. The fourth-order valence-corrected chi connectivity index (χ4v) is 2.54. The predicted molar refractivity (Wildman–Crippen MR) is 83.3 cm³/mol. The molecule has 0 saturated heterocycles. The lowest BCUT2D eigenvalue weighted by atomic mass is 9.92. The van der Waals surface area contributed by atoms with Gasteiger partial charge in [0.25, 0.3) is 0 Å². The lowest BCUT2D eigenvalue weighted by molar-refractivity contribution is 0.626. The van der Waals surface area contributed by atoms with Gasteiger partial charge in [0.2, 0.25) is 0 Å². The van der Waals surface area contributed by atoms with Gasteiger partial charge in [-0.2, -0.15) is 0 Å². The second kappa shape index (κ2) is 6.95. The van der Waals surface area contributed by atoms with Crippen LogP contribution in [0.2, 0.25) is 10.0 Å². The highest BCUT2D eigenvalue weighted by atomic mass is 35.5. The summed E-state index contributed by atoms with van der Waals surface area (Å²) in [6.07, 6.45) is 0.971. The van der Waals surface area contributed by atoms with Crippen molar-refractivity contribution in [2.24, 2.45) is 0 Å². The van der Waals surface area contributed by atoms with Crippen LogP contribution in [0.1, 0.15) is 17.0 Å². The topological polar surface area (TPSA) is 12.0 Å². The smallest absolute Gasteiger partial charge is 0.0408 e. The molecule has 0 saturated carbocycles. The molecule has 0 radical (unpaired) electrons. The van der Waals surface area contributed by atoms with Crippen LogP contribution in [-0.4, -0.2) is 13.6 Å². The van der Waals surface area contributed by atoms with Crippen molar-refractivity contribution in [3.05, 3.63) is 69.7 Å². The largest absolute Gasteiger partial charge is 0.319 e. The molecule has 1 nitrogen and oxygen atoms in total.